The summed E-state index contributed by atoms with van der Waals surface area (Å²) < 4.78 is 0. The molecule has 116 valence electrons. The lowest BCUT2D eigenvalue weighted by atomic mass is 10.0. The Kier molecular flexibility index (Phi) is 6.35. The van der Waals surface area contributed by atoms with Crippen molar-refractivity contribution in [1.82, 2.24) is 5.32 Å². The van der Waals surface area contributed by atoms with Gasteiger partial charge in [0.05, 0.1) is 0 Å². The number of ketones is 1. The largest absolute Gasteiger partial charge is 0.312 e. The van der Waals surface area contributed by atoms with Gasteiger partial charge in [0.15, 0.2) is 5.78 Å². The Morgan fingerprint density at radius 3 is 2.23 bits per heavy atom. The van der Waals surface area contributed by atoms with Gasteiger partial charge in [0.25, 0.3) is 0 Å². The second-order valence-corrected chi connectivity index (χ2v) is 6.13. The highest BCUT2D eigenvalue weighted by Gasteiger charge is 2.04. The fourth-order valence-corrected chi connectivity index (χ4v) is 2.47. The van der Waals surface area contributed by atoms with Gasteiger partial charge in [-0.3, -0.25) is 4.79 Å². The molecule has 2 aromatic carbocycles. The van der Waals surface area contributed by atoms with Gasteiger partial charge in [0.1, 0.15) is 0 Å². The Balaban J connectivity index is 1.71. The van der Waals surface area contributed by atoms with Crippen LogP contribution >= 0.6 is 0 Å². The van der Waals surface area contributed by atoms with Gasteiger partial charge in [0.2, 0.25) is 0 Å². The lowest BCUT2D eigenvalue weighted by molar-refractivity contribution is 0.0982. The van der Waals surface area contributed by atoms with Crippen molar-refractivity contribution in [1.29, 1.82) is 0 Å². The molecule has 22 heavy (non-hydrogen) atoms. The molecule has 0 aliphatic heterocycles. The Labute approximate surface area is 133 Å². The molecule has 2 aromatic rings. The first-order valence-corrected chi connectivity index (χ1v) is 8.02. The van der Waals surface area contributed by atoms with Crippen LogP contribution in [0.5, 0.6) is 0 Å². The number of hydrogen-bond acceptors (Lipinski definition) is 2. The summed E-state index contributed by atoms with van der Waals surface area (Å²) in [6, 6.07) is 18.2. The zero-order valence-corrected chi connectivity index (χ0v) is 13.5. The van der Waals surface area contributed by atoms with E-state index in [0.29, 0.717) is 18.9 Å². The third kappa shape index (κ3) is 5.45. The SMILES string of the molecule is CC(C)Cc1ccc(CNCCC(=O)c2ccccc2)cc1. The third-order valence-electron chi connectivity index (χ3n) is 3.62. The normalized spacial score (nSPS) is 10.9. The number of hydrogen-bond donors (Lipinski definition) is 1. The predicted octanol–water partition coefficient (Wildman–Crippen LogP) is 4.25. The van der Waals surface area contributed by atoms with Gasteiger partial charge in [-0.15, -0.1) is 0 Å². The van der Waals surface area contributed by atoms with Crippen LogP contribution in [0, 0.1) is 5.92 Å². The minimum atomic E-state index is 0.195. The monoisotopic (exact) mass is 295 g/mol. The van der Waals surface area contributed by atoms with E-state index in [2.05, 4.69) is 43.4 Å². The standard InChI is InChI=1S/C20H25NO/c1-16(2)14-17-8-10-18(11-9-17)15-21-13-12-20(22)19-6-4-3-5-7-19/h3-11,16,21H,12-15H2,1-2H3. The maximum atomic E-state index is 12.0. The topological polar surface area (TPSA) is 29.1 Å². The fraction of sp³-hybridized carbons (Fsp3) is 0.350. The maximum absolute atomic E-state index is 12.0. The lowest BCUT2D eigenvalue weighted by Gasteiger charge is -2.08. The van der Waals surface area contributed by atoms with E-state index >= 15 is 0 Å². The molecule has 0 saturated heterocycles. The Morgan fingerprint density at radius 2 is 1.59 bits per heavy atom. The Morgan fingerprint density at radius 1 is 0.955 bits per heavy atom. The zero-order chi connectivity index (χ0) is 15.8. The molecule has 0 radical (unpaired) electrons. The summed E-state index contributed by atoms with van der Waals surface area (Å²) >= 11 is 0. The van der Waals surface area contributed by atoms with Gasteiger partial charge in [0, 0.05) is 25.1 Å². The van der Waals surface area contributed by atoms with Crippen LogP contribution in [0.1, 0.15) is 41.8 Å². The summed E-state index contributed by atoms with van der Waals surface area (Å²) in [5, 5.41) is 3.34. The Bertz CT molecular complexity index is 572. The molecule has 0 aliphatic carbocycles. The molecule has 0 aromatic heterocycles. The summed E-state index contributed by atoms with van der Waals surface area (Å²) in [4.78, 5) is 12.0. The van der Waals surface area contributed by atoms with Crippen LogP contribution in [-0.4, -0.2) is 12.3 Å². The van der Waals surface area contributed by atoms with Crippen LogP contribution in [0.3, 0.4) is 0 Å². The average molecular weight is 295 g/mol. The van der Waals surface area contributed by atoms with Crippen LogP contribution in [0.25, 0.3) is 0 Å². The van der Waals surface area contributed by atoms with Crippen LogP contribution in [-0.2, 0) is 13.0 Å². The van der Waals surface area contributed by atoms with Crippen molar-refractivity contribution in [2.24, 2.45) is 5.92 Å². The summed E-state index contributed by atoms with van der Waals surface area (Å²) in [5.41, 5.74) is 3.44. The predicted molar refractivity (Wildman–Crippen MR) is 92.1 cm³/mol. The summed E-state index contributed by atoms with van der Waals surface area (Å²) in [5.74, 6) is 0.883. The zero-order valence-electron chi connectivity index (χ0n) is 13.5. The molecule has 2 rings (SSSR count). The molecule has 0 spiro atoms. The van der Waals surface area contributed by atoms with Crippen molar-refractivity contribution >= 4 is 5.78 Å². The van der Waals surface area contributed by atoms with E-state index in [1.54, 1.807) is 0 Å². The molecule has 0 amide bonds. The van der Waals surface area contributed by atoms with E-state index in [4.69, 9.17) is 0 Å². The molecule has 0 aliphatic rings. The number of nitrogens with one attached hydrogen (secondary N) is 1. The minimum absolute atomic E-state index is 0.195. The van der Waals surface area contributed by atoms with Gasteiger partial charge in [-0.1, -0.05) is 68.4 Å². The number of Topliss-reactive ketones (excluding diaryl/α,β-unsaturated/α-hetero) is 1. The van der Waals surface area contributed by atoms with E-state index in [-0.39, 0.29) is 5.78 Å². The van der Waals surface area contributed by atoms with E-state index < -0.39 is 0 Å². The molecule has 2 heteroatoms. The smallest absolute Gasteiger partial charge is 0.164 e. The highest BCUT2D eigenvalue weighted by atomic mass is 16.1. The van der Waals surface area contributed by atoms with Crippen molar-refractivity contribution in [2.75, 3.05) is 6.54 Å². The first kappa shape index (κ1) is 16.4. The van der Waals surface area contributed by atoms with E-state index in [1.165, 1.54) is 11.1 Å². The van der Waals surface area contributed by atoms with Crippen LogP contribution < -0.4 is 5.32 Å². The first-order valence-electron chi connectivity index (χ1n) is 8.02. The Hall–Kier alpha value is -1.93. The lowest BCUT2D eigenvalue weighted by Crippen LogP contribution is -2.18. The average Bonchev–Trinajstić information content (AvgIpc) is 2.53. The van der Waals surface area contributed by atoms with Crippen molar-refractivity contribution in [2.45, 2.75) is 33.2 Å². The molecule has 0 heterocycles. The van der Waals surface area contributed by atoms with Crippen LogP contribution in [0.2, 0.25) is 0 Å². The van der Waals surface area contributed by atoms with E-state index in [1.807, 2.05) is 30.3 Å². The molecule has 0 saturated carbocycles. The number of carbonyl (C=O) groups excluding carboxylic acids is 1. The van der Waals surface area contributed by atoms with Crippen LogP contribution in [0.4, 0.5) is 0 Å². The van der Waals surface area contributed by atoms with Crippen LogP contribution in [0.15, 0.2) is 54.6 Å². The van der Waals surface area contributed by atoms with Crippen molar-refractivity contribution in [3.8, 4) is 0 Å². The maximum Gasteiger partial charge on any atom is 0.164 e. The molecule has 0 bridgehead atoms. The highest BCUT2D eigenvalue weighted by molar-refractivity contribution is 5.96. The number of benzene rings is 2. The quantitative estimate of drug-likeness (QED) is 0.583. The van der Waals surface area contributed by atoms with E-state index in [0.717, 1.165) is 18.5 Å². The molecular formula is C20H25NO. The summed E-state index contributed by atoms with van der Waals surface area (Å²) in [6.45, 7) is 5.99. The molecule has 0 unspecified atom stereocenters. The van der Waals surface area contributed by atoms with Gasteiger partial charge >= 0.3 is 0 Å². The summed E-state index contributed by atoms with van der Waals surface area (Å²) in [6.07, 6.45) is 1.66. The van der Waals surface area contributed by atoms with Crippen molar-refractivity contribution in [3.05, 3.63) is 71.3 Å². The van der Waals surface area contributed by atoms with Gasteiger partial charge in [-0.25, -0.2) is 0 Å². The molecule has 1 N–H and O–H groups in total. The van der Waals surface area contributed by atoms with Gasteiger partial charge in [-0.2, -0.15) is 0 Å². The van der Waals surface area contributed by atoms with Gasteiger partial charge < -0.3 is 5.32 Å². The highest BCUT2D eigenvalue weighted by Crippen LogP contribution is 2.09. The van der Waals surface area contributed by atoms with Gasteiger partial charge in [-0.05, 0) is 23.5 Å². The van der Waals surface area contributed by atoms with Crippen molar-refractivity contribution < 1.29 is 4.79 Å². The minimum Gasteiger partial charge on any atom is -0.312 e. The number of carbonyl (C=O) groups is 1. The molecular weight excluding hydrogens is 270 g/mol. The summed E-state index contributed by atoms with van der Waals surface area (Å²) in [7, 11) is 0. The second kappa shape index (κ2) is 8.50. The third-order valence-corrected chi connectivity index (χ3v) is 3.62. The fourth-order valence-electron chi connectivity index (χ4n) is 2.47. The molecule has 0 fully saturated rings. The van der Waals surface area contributed by atoms with E-state index in [9.17, 15) is 4.79 Å². The molecule has 2 nitrogen and oxygen atoms in total. The van der Waals surface area contributed by atoms with Crippen molar-refractivity contribution in [3.63, 3.8) is 0 Å². The number of rotatable bonds is 8. The second-order valence-electron chi connectivity index (χ2n) is 6.13. The first-order chi connectivity index (χ1) is 10.6. The molecule has 0 atom stereocenters.